The van der Waals surface area contributed by atoms with Crippen LogP contribution in [-0.4, -0.2) is 27.0 Å². The summed E-state index contributed by atoms with van der Waals surface area (Å²) in [5, 5.41) is 3.54. The number of hydrogen-bond acceptors (Lipinski definition) is 4. The van der Waals surface area contributed by atoms with Gasteiger partial charge < -0.3 is 11.1 Å². The number of aromatic nitrogens is 3. The molecule has 0 unspecified atom stereocenters. The number of fused-ring (bicyclic) bond motifs is 2. The first kappa shape index (κ1) is 19.2. The van der Waals surface area contributed by atoms with E-state index < -0.39 is 0 Å². The summed E-state index contributed by atoms with van der Waals surface area (Å²) in [6, 6.07) is 14.8. The van der Waals surface area contributed by atoms with Crippen molar-refractivity contribution in [1.82, 2.24) is 19.9 Å². The number of halogens is 1. The van der Waals surface area contributed by atoms with E-state index in [1.54, 1.807) is 16.7 Å². The highest BCUT2D eigenvalue weighted by Gasteiger charge is 2.24. The van der Waals surface area contributed by atoms with Gasteiger partial charge in [-0.15, -0.1) is 0 Å². The number of nitrogen functional groups attached to an aromatic ring is 1. The molecule has 6 nitrogen and oxygen atoms in total. The van der Waals surface area contributed by atoms with Gasteiger partial charge in [0.1, 0.15) is 16.9 Å². The number of unbranched alkanes of at least 4 members (excludes halogenated alkanes) is 2. The van der Waals surface area contributed by atoms with Crippen molar-refractivity contribution in [2.75, 3.05) is 12.3 Å². The second-order valence-corrected chi connectivity index (χ2v) is 7.36. The maximum absolute atomic E-state index is 13.0. The molecule has 0 aliphatic carbocycles. The van der Waals surface area contributed by atoms with E-state index in [2.05, 4.69) is 12.2 Å². The van der Waals surface area contributed by atoms with Gasteiger partial charge in [-0.05, 0) is 36.8 Å². The van der Waals surface area contributed by atoms with Gasteiger partial charge in [-0.3, -0.25) is 9.36 Å². The van der Waals surface area contributed by atoms with Crippen molar-refractivity contribution in [2.24, 2.45) is 0 Å². The molecule has 0 bridgehead atoms. The molecule has 2 aromatic carbocycles. The number of anilines is 1. The minimum Gasteiger partial charge on any atom is -0.384 e. The standard InChI is InChI=1S/C22H22ClN5O/c1-2-3-6-12-25-22(29)18-19-21(27-17-11-5-4-10-16(17)26-19)28(20(18)24)15-9-7-8-14(23)13-15/h4-5,7-11,13H,2-3,6,12,24H2,1H3,(H,25,29). The van der Waals surface area contributed by atoms with E-state index in [0.29, 0.717) is 39.6 Å². The van der Waals surface area contributed by atoms with Crippen LogP contribution in [-0.2, 0) is 0 Å². The summed E-state index contributed by atoms with van der Waals surface area (Å²) in [4.78, 5) is 22.5. The Kier molecular flexibility index (Phi) is 5.36. The van der Waals surface area contributed by atoms with E-state index in [1.165, 1.54) is 0 Å². The molecule has 2 aromatic heterocycles. The Hall–Kier alpha value is -3.12. The molecule has 0 aliphatic heterocycles. The van der Waals surface area contributed by atoms with Crippen LogP contribution in [0.5, 0.6) is 0 Å². The average Bonchev–Trinajstić information content (AvgIpc) is 3.00. The molecule has 0 fully saturated rings. The lowest BCUT2D eigenvalue weighted by molar-refractivity contribution is 0.0955. The van der Waals surface area contributed by atoms with Crippen molar-refractivity contribution < 1.29 is 4.79 Å². The van der Waals surface area contributed by atoms with Gasteiger partial charge in [0.15, 0.2) is 5.65 Å². The van der Waals surface area contributed by atoms with E-state index in [4.69, 9.17) is 27.3 Å². The molecule has 0 spiro atoms. The lowest BCUT2D eigenvalue weighted by Crippen LogP contribution is -2.25. The van der Waals surface area contributed by atoms with Gasteiger partial charge in [0.2, 0.25) is 0 Å². The second-order valence-electron chi connectivity index (χ2n) is 6.92. The van der Waals surface area contributed by atoms with E-state index >= 15 is 0 Å². The quantitative estimate of drug-likeness (QED) is 0.452. The highest BCUT2D eigenvalue weighted by atomic mass is 35.5. The molecular formula is C22H22ClN5O. The zero-order valence-electron chi connectivity index (χ0n) is 16.2. The average molecular weight is 408 g/mol. The van der Waals surface area contributed by atoms with Gasteiger partial charge >= 0.3 is 0 Å². The van der Waals surface area contributed by atoms with E-state index in [0.717, 1.165) is 30.5 Å². The normalized spacial score (nSPS) is 11.2. The number of nitrogens with zero attached hydrogens (tertiary/aromatic N) is 3. The molecule has 7 heteroatoms. The first-order chi connectivity index (χ1) is 14.1. The summed E-state index contributed by atoms with van der Waals surface area (Å²) in [6.07, 6.45) is 3.07. The minimum absolute atomic E-state index is 0.242. The first-order valence-electron chi connectivity index (χ1n) is 9.71. The van der Waals surface area contributed by atoms with Gasteiger partial charge in [-0.25, -0.2) is 9.97 Å². The first-order valence-corrected chi connectivity index (χ1v) is 10.1. The molecular weight excluding hydrogens is 386 g/mol. The maximum atomic E-state index is 13.0. The Balaban J connectivity index is 1.91. The number of carbonyl (C=O) groups is 1. The Morgan fingerprint density at radius 1 is 1.10 bits per heavy atom. The zero-order valence-corrected chi connectivity index (χ0v) is 16.9. The predicted octanol–water partition coefficient (Wildman–Crippen LogP) is 4.73. The van der Waals surface area contributed by atoms with Gasteiger partial charge in [0.05, 0.1) is 16.7 Å². The van der Waals surface area contributed by atoms with Gasteiger partial charge in [-0.2, -0.15) is 0 Å². The number of rotatable bonds is 6. The fraction of sp³-hybridized carbons (Fsp3) is 0.227. The monoisotopic (exact) mass is 407 g/mol. The van der Waals surface area contributed by atoms with Crippen molar-refractivity contribution in [2.45, 2.75) is 26.2 Å². The lowest BCUT2D eigenvalue weighted by atomic mass is 10.2. The Bertz CT molecular complexity index is 1200. The van der Waals surface area contributed by atoms with Crippen LogP contribution in [0.25, 0.3) is 27.9 Å². The van der Waals surface area contributed by atoms with Gasteiger partial charge in [-0.1, -0.05) is 49.6 Å². The van der Waals surface area contributed by atoms with Crippen LogP contribution in [0, 0.1) is 0 Å². The number of para-hydroxylation sites is 2. The summed E-state index contributed by atoms with van der Waals surface area (Å²) in [7, 11) is 0. The molecule has 4 rings (SSSR count). The van der Waals surface area contributed by atoms with Crippen molar-refractivity contribution in [3.63, 3.8) is 0 Å². The Morgan fingerprint density at radius 3 is 2.59 bits per heavy atom. The summed E-state index contributed by atoms with van der Waals surface area (Å²) >= 11 is 6.19. The summed E-state index contributed by atoms with van der Waals surface area (Å²) in [5.41, 5.74) is 10.00. The fourth-order valence-electron chi connectivity index (χ4n) is 3.43. The summed E-state index contributed by atoms with van der Waals surface area (Å²) in [6.45, 7) is 2.72. The lowest BCUT2D eigenvalue weighted by Gasteiger charge is -2.08. The molecule has 0 radical (unpaired) electrons. The topological polar surface area (TPSA) is 85.8 Å². The predicted molar refractivity (Wildman–Crippen MR) is 118 cm³/mol. The van der Waals surface area contributed by atoms with Crippen molar-refractivity contribution in [1.29, 1.82) is 0 Å². The van der Waals surface area contributed by atoms with Gasteiger partial charge in [0, 0.05) is 11.6 Å². The molecule has 2 heterocycles. The van der Waals surface area contributed by atoms with Crippen LogP contribution >= 0.6 is 11.6 Å². The smallest absolute Gasteiger partial charge is 0.257 e. The van der Waals surface area contributed by atoms with Crippen LogP contribution in [0.4, 0.5) is 5.82 Å². The molecule has 1 amide bonds. The SMILES string of the molecule is CCCCCNC(=O)c1c(N)n(-c2cccc(Cl)c2)c2nc3ccccc3nc12. The molecule has 148 valence electrons. The number of hydrogen-bond donors (Lipinski definition) is 2. The Morgan fingerprint density at radius 2 is 1.86 bits per heavy atom. The summed E-state index contributed by atoms with van der Waals surface area (Å²) in [5.74, 6) is 0.0551. The number of nitrogens with two attached hydrogens (primary N) is 1. The molecule has 29 heavy (non-hydrogen) atoms. The van der Waals surface area contributed by atoms with Crippen LogP contribution < -0.4 is 11.1 Å². The third-order valence-corrected chi connectivity index (χ3v) is 5.09. The molecule has 4 aromatic rings. The van der Waals surface area contributed by atoms with Crippen LogP contribution in [0.15, 0.2) is 48.5 Å². The van der Waals surface area contributed by atoms with E-state index in [-0.39, 0.29) is 5.91 Å². The fourth-order valence-corrected chi connectivity index (χ4v) is 3.61. The van der Waals surface area contributed by atoms with Crippen LogP contribution in [0.1, 0.15) is 36.5 Å². The Labute approximate surface area is 173 Å². The highest BCUT2D eigenvalue weighted by molar-refractivity contribution is 6.30. The van der Waals surface area contributed by atoms with Crippen molar-refractivity contribution >= 4 is 45.5 Å². The number of nitrogens with one attached hydrogen (secondary N) is 1. The zero-order chi connectivity index (χ0) is 20.4. The third kappa shape index (κ3) is 3.63. The van der Waals surface area contributed by atoms with E-state index in [9.17, 15) is 4.79 Å². The second kappa shape index (κ2) is 8.09. The summed E-state index contributed by atoms with van der Waals surface area (Å²) < 4.78 is 1.74. The molecule has 3 N–H and O–H groups in total. The van der Waals surface area contributed by atoms with E-state index in [1.807, 2.05) is 36.4 Å². The third-order valence-electron chi connectivity index (χ3n) is 4.86. The van der Waals surface area contributed by atoms with Crippen LogP contribution in [0.2, 0.25) is 5.02 Å². The van der Waals surface area contributed by atoms with Gasteiger partial charge in [0.25, 0.3) is 5.91 Å². The maximum Gasteiger partial charge on any atom is 0.257 e. The molecule has 0 saturated heterocycles. The largest absolute Gasteiger partial charge is 0.384 e. The number of carbonyl (C=O) groups excluding carboxylic acids is 1. The van der Waals surface area contributed by atoms with Crippen LogP contribution in [0.3, 0.4) is 0 Å². The number of benzene rings is 2. The molecule has 0 saturated carbocycles. The number of amides is 1. The van der Waals surface area contributed by atoms with Crippen molar-refractivity contribution in [3.8, 4) is 5.69 Å². The minimum atomic E-state index is -0.242. The van der Waals surface area contributed by atoms with Crippen molar-refractivity contribution in [3.05, 3.63) is 59.1 Å². The molecule has 0 aliphatic rings. The molecule has 0 atom stereocenters. The highest BCUT2D eigenvalue weighted by Crippen LogP contribution is 2.31.